The number of benzene rings is 2. The molecule has 1 atom stereocenters. The van der Waals surface area contributed by atoms with Crippen molar-refractivity contribution < 1.29 is 4.79 Å². The van der Waals surface area contributed by atoms with Crippen molar-refractivity contribution in [3.8, 4) is 0 Å². The van der Waals surface area contributed by atoms with Crippen molar-refractivity contribution >= 4 is 35.6 Å². The molecule has 1 aliphatic heterocycles. The van der Waals surface area contributed by atoms with Gasteiger partial charge in [-0.1, -0.05) is 41.9 Å². The molecule has 0 bridgehead atoms. The van der Waals surface area contributed by atoms with Gasteiger partial charge in [-0.25, -0.2) is 0 Å². The Morgan fingerprint density at radius 3 is 2.58 bits per heavy atom. The molecule has 0 radical (unpaired) electrons. The van der Waals surface area contributed by atoms with Crippen LogP contribution in [0.5, 0.6) is 0 Å². The molecule has 0 aromatic heterocycles. The van der Waals surface area contributed by atoms with E-state index in [-0.39, 0.29) is 12.4 Å². The number of anilines is 1. The number of aryl methyl sites for hydroxylation is 1. The molecule has 138 valence electrons. The zero-order valence-electron chi connectivity index (χ0n) is 14.7. The molecule has 1 unspecified atom stereocenters. The fourth-order valence-electron chi connectivity index (χ4n) is 4.08. The van der Waals surface area contributed by atoms with E-state index in [0.29, 0.717) is 18.2 Å². The van der Waals surface area contributed by atoms with E-state index < -0.39 is 0 Å². The third-order valence-corrected chi connectivity index (χ3v) is 5.72. The average Bonchev–Trinajstić information content (AvgIpc) is 3.05. The van der Waals surface area contributed by atoms with Crippen LogP contribution in [0.1, 0.15) is 29.9 Å². The van der Waals surface area contributed by atoms with Crippen molar-refractivity contribution in [1.82, 2.24) is 4.90 Å². The Morgan fingerprint density at radius 1 is 1.04 bits per heavy atom. The lowest BCUT2D eigenvalue weighted by molar-refractivity contribution is -0.131. The van der Waals surface area contributed by atoms with Gasteiger partial charge in [-0.3, -0.25) is 4.79 Å². The minimum absolute atomic E-state index is 0. The summed E-state index contributed by atoms with van der Waals surface area (Å²) in [4.78, 5) is 17.1. The summed E-state index contributed by atoms with van der Waals surface area (Å²) in [5.41, 5.74) is 3.95. The third kappa shape index (κ3) is 3.99. The summed E-state index contributed by atoms with van der Waals surface area (Å²) >= 11 is 6.09. The number of hydrogen-bond acceptors (Lipinski definition) is 2. The van der Waals surface area contributed by atoms with Gasteiger partial charge in [0.05, 0.1) is 0 Å². The SMILES string of the molecule is Cl.O=C(CC1CCc2ccccc21)N1CCN(c2cccc(Cl)c2)CC1. The Hall–Kier alpha value is -1.71. The number of carbonyl (C=O) groups is 1. The fourth-order valence-corrected chi connectivity index (χ4v) is 4.27. The molecule has 1 aliphatic carbocycles. The van der Waals surface area contributed by atoms with Crippen LogP contribution in [-0.4, -0.2) is 37.0 Å². The van der Waals surface area contributed by atoms with Crippen LogP contribution < -0.4 is 4.90 Å². The number of halogens is 2. The van der Waals surface area contributed by atoms with Crippen LogP contribution in [0.15, 0.2) is 48.5 Å². The van der Waals surface area contributed by atoms with Crippen LogP contribution in [0.3, 0.4) is 0 Å². The van der Waals surface area contributed by atoms with Gasteiger partial charge in [0.15, 0.2) is 0 Å². The van der Waals surface area contributed by atoms with Gasteiger partial charge in [-0.15, -0.1) is 12.4 Å². The number of amides is 1. The Kier molecular flexibility index (Phi) is 6.10. The molecule has 1 amide bonds. The smallest absolute Gasteiger partial charge is 0.223 e. The molecule has 2 aromatic carbocycles. The van der Waals surface area contributed by atoms with Gasteiger partial charge in [0, 0.05) is 43.3 Å². The molecule has 1 saturated heterocycles. The highest BCUT2D eigenvalue weighted by atomic mass is 35.5. The van der Waals surface area contributed by atoms with Crippen molar-refractivity contribution in [2.75, 3.05) is 31.1 Å². The van der Waals surface area contributed by atoms with Crippen molar-refractivity contribution in [3.05, 3.63) is 64.7 Å². The van der Waals surface area contributed by atoms with E-state index in [1.807, 2.05) is 23.1 Å². The maximum atomic E-state index is 12.7. The Morgan fingerprint density at radius 2 is 1.81 bits per heavy atom. The largest absolute Gasteiger partial charge is 0.368 e. The van der Waals surface area contributed by atoms with Crippen molar-refractivity contribution in [1.29, 1.82) is 0 Å². The van der Waals surface area contributed by atoms with Crippen LogP contribution in [0, 0.1) is 0 Å². The second-order valence-electron chi connectivity index (χ2n) is 6.99. The van der Waals surface area contributed by atoms with Gasteiger partial charge in [0.25, 0.3) is 0 Å². The zero-order chi connectivity index (χ0) is 17.2. The highest BCUT2D eigenvalue weighted by molar-refractivity contribution is 6.30. The third-order valence-electron chi connectivity index (χ3n) is 5.48. The van der Waals surface area contributed by atoms with E-state index in [9.17, 15) is 4.79 Å². The van der Waals surface area contributed by atoms with Crippen LogP contribution in [-0.2, 0) is 11.2 Å². The van der Waals surface area contributed by atoms with Gasteiger partial charge >= 0.3 is 0 Å². The van der Waals surface area contributed by atoms with Crippen molar-refractivity contribution in [3.63, 3.8) is 0 Å². The molecule has 1 heterocycles. The lowest BCUT2D eigenvalue weighted by Crippen LogP contribution is -2.49. The fraction of sp³-hybridized carbons (Fsp3) is 0.381. The second kappa shape index (κ2) is 8.32. The second-order valence-corrected chi connectivity index (χ2v) is 7.42. The molecule has 1 fully saturated rings. The first-order valence-electron chi connectivity index (χ1n) is 9.07. The topological polar surface area (TPSA) is 23.6 Å². The zero-order valence-corrected chi connectivity index (χ0v) is 16.3. The predicted molar refractivity (Wildman–Crippen MR) is 110 cm³/mol. The number of hydrogen-bond donors (Lipinski definition) is 0. The molecule has 5 heteroatoms. The van der Waals surface area contributed by atoms with Crippen LogP contribution >= 0.6 is 24.0 Å². The van der Waals surface area contributed by atoms with E-state index in [2.05, 4.69) is 35.2 Å². The van der Waals surface area contributed by atoms with Crippen LogP contribution in [0.4, 0.5) is 5.69 Å². The maximum Gasteiger partial charge on any atom is 0.223 e. The molecule has 0 saturated carbocycles. The summed E-state index contributed by atoms with van der Waals surface area (Å²) in [6, 6.07) is 16.5. The number of rotatable bonds is 3. The Labute approximate surface area is 166 Å². The molecular weight excluding hydrogens is 367 g/mol. The number of piperazine rings is 1. The van der Waals surface area contributed by atoms with E-state index in [4.69, 9.17) is 11.6 Å². The first kappa shape index (κ1) is 19.1. The van der Waals surface area contributed by atoms with Crippen molar-refractivity contribution in [2.24, 2.45) is 0 Å². The highest BCUT2D eigenvalue weighted by Gasteiger charge is 2.28. The number of carbonyl (C=O) groups excluding carboxylic acids is 1. The summed E-state index contributed by atoms with van der Waals surface area (Å²) in [5.74, 6) is 0.696. The molecular formula is C21H24Cl2N2O. The first-order valence-corrected chi connectivity index (χ1v) is 9.44. The van der Waals surface area contributed by atoms with E-state index in [0.717, 1.165) is 49.7 Å². The Bertz CT molecular complexity index is 772. The van der Waals surface area contributed by atoms with Gasteiger partial charge in [0.2, 0.25) is 5.91 Å². The van der Waals surface area contributed by atoms with Crippen LogP contribution in [0.2, 0.25) is 5.02 Å². The summed E-state index contributed by atoms with van der Waals surface area (Å²) in [6.07, 6.45) is 2.86. The van der Waals surface area contributed by atoms with Gasteiger partial charge < -0.3 is 9.80 Å². The van der Waals surface area contributed by atoms with E-state index >= 15 is 0 Å². The molecule has 2 aromatic rings. The van der Waals surface area contributed by atoms with Crippen LogP contribution in [0.25, 0.3) is 0 Å². The average molecular weight is 391 g/mol. The quantitative estimate of drug-likeness (QED) is 0.768. The van der Waals surface area contributed by atoms with Crippen molar-refractivity contribution in [2.45, 2.75) is 25.2 Å². The first-order chi connectivity index (χ1) is 12.2. The monoisotopic (exact) mass is 390 g/mol. The molecule has 0 N–H and O–H groups in total. The highest BCUT2D eigenvalue weighted by Crippen LogP contribution is 2.35. The lowest BCUT2D eigenvalue weighted by atomic mass is 9.97. The normalized spacial score (nSPS) is 19.0. The summed E-state index contributed by atoms with van der Waals surface area (Å²) < 4.78 is 0. The number of nitrogens with zero attached hydrogens (tertiary/aromatic N) is 2. The lowest BCUT2D eigenvalue weighted by Gasteiger charge is -2.36. The minimum atomic E-state index is 0. The summed E-state index contributed by atoms with van der Waals surface area (Å²) in [5, 5.41) is 0.760. The maximum absolute atomic E-state index is 12.7. The van der Waals surface area contributed by atoms with Gasteiger partial charge in [0.1, 0.15) is 0 Å². The molecule has 26 heavy (non-hydrogen) atoms. The molecule has 3 nitrogen and oxygen atoms in total. The molecule has 2 aliphatic rings. The molecule has 0 spiro atoms. The predicted octanol–water partition coefficient (Wildman–Crippen LogP) is 4.53. The van der Waals surface area contributed by atoms with Gasteiger partial charge in [-0.2, -0.15) is 0 Å². The number of fused-ring (bicyclic) bond motifs is 1. The summed E-state index contributed by atoms with van der Waals surface area (Å²) in [7, 11) is 0. The van der Waals surface area contributed by atoms with E-state index in [1.165, 1.54) is 11.1 Å². The Balaban J connectivity index is 0.00000196. The standard InChI is InChI=1S/C21H23ClN2O.ClH/c22-18-5-3-6-19(15-18)23-10-12-24(13-11-23)21(25)14-17-9-8-16-4-1-2-7-20(16)17;/h1-7,15,17H,8-14H2;1H. The molecule has 4 rings (SSSR count). The summed E-state index contributed by atoms with van der Waals surface area (Å²) in [6.45, 7) is 3.32. The minimum Gasteiger partial charge on any atom is -0.368 e. The van der Waals surface area contributed by atoms with E-state index in [1.54, 1.807) is 0 Å². The van der Waals surface area contributed by atoms with Gasteiger partial charge in [-0.05, 0) is 48.1 Å².